The van der Waals surface area contributed by atoms with E-state index in [-0.39, 0.29) is 18.4 Å². The average molecular weight is 383 g/mol. The second-order valence-corrected chi connectivity index (χ2v) is 7.04. The molecule has 0 bridgehead atoms. The summed E-state index contributed by atoms with van der Waals surface area (Å²) < 4.78 is 4.88. The quantitative estimate of drug-likeness (QED) is 0.479. The lowest BCUT2D eigenvalue weighted by Gasteiger charge is -2.32. The van der Waals surface area contributed by atoms with Crippen molar-refractivity contribution >= 4 is 39.7 Å². The van der Waals surface area contributed by atoms with Crippen molar-refractivity contribution in [3.63, 3.8) is 0 Å². The van der Waals surface area contributed by atoms with E-state index < -0.39 is 0 Å². The van der Waals surface area contributed by atoms with Crippen LogP contribution in [0.3, 0.4) is 0 Å². The Morgan fingerprint density at radius 1 is 1.11 bits per heavy atom. The molecule has 0 saturated carbocycles. The normalized spacial score (nSPS) is 12.0. The first-order chi connectivity index (χ1) is 13.0. The van der Waals surface area contributed by atoms with Gasteiger partial charge in [-0.1, -0.05) is 48.0 Å². The zero-order valence-corrected chi connectivity index (χ0v) is 16.2. The number of esters is 1. The molecule has 27 heavy (non-hydrogen) atoms. The number of methoxy groups -OCH3 is 1. The van der Waals surface area contributed by atoms with E-state index in [0.717, 1.165) is 27.7 Å². The minimum absolute atomic E-state index is 0.0662. The number of carbonyl (C=O) groups excluding carboxylic acids is 1. The number of anilines is 2. The van der Waals surface area contributed by atoms with Crippen LogP contribution in [0.15, 0.2) is 60.7 Å². The Morgan fingerprint density at radius 2 is 1.85 bits per heavy atom. The predicted molar refractivity (Wildman–Crippen MR) is 112 cm³/mol. The molecule has 0 spiro atoms. The molecule has 3 aromatic carbocycles. The van der Waals surface area contributed by atoms with Crippen LogP contribution in [-0.2, 0) is 16.1 Å². The minimum Gasteiger partial charge on any atom is -0.469 e. The van der Waals surface area contributed by atoms with Crippen LogP contribution < -0.4 is 10.6 Å². The number of benzene rings is 3. The van der Waals surface area contributed by atoms with Gasteiger partial charge in [0.25, 0.3) is 0 Å². The Bertz CT molecular complexity index is 958. The molecule has 0 aliphatic rings. The van der Waals surface area contributed by atoms with Crippen LogP contribution in [0.25, 0.3) is 10.8 Å². The molecule has 140 valence electrons. The molecule has 3 aromatic rings. The van der Waals surface area contributed by atoms with Crippen LogP contribution >= 0.6 is 11.6 Å². The van der Waals surface area contributed by atoms with Crippen LogP contribution in [0.1, 0.15) is 18.9 Å². The molecule has 0 fully saturated rings. The monoisotopic (exact) mass is 382 g/mol. The molecule has 0 aliphatic carbocycles. The SMILES string of the molecule is COC(=O)CC(C)N(Cc1cccc(Cl)c1)c1ccc(N)c2ccccc12. The predicted octanol–water partition coefficient (Wildman–Crippen LogP) is 5.03. The first-order valence-corrected chi connectivity index (χ1v) is 9.22. The molecule has 2 N–H and O–H groups in total. The number of hydrogen-bond acceptors (Lipinski definition) is 4. The summed E-state index contributed by atoms with van der Waals surface area (Å²) in [6.07, 6.45) is 0.287. The van der Waals surface area contributed by atoms with Gasteiger partial charge in [-0.25, -0.2) is 0 Å². The molecule has 0 radical (unpaired) electrons. The highest BCUT2D eigenvalue weighted by Gasteiger charge is 2.21. The number of fused-ring (bicyclic) bond motifs is 1. The minimum atomic E-state index is -0.238. The van der Waals surface area contributed by atoms with Gasteiger partial charge in [0.1, 0.15) is 0 Å². The summed E-state index contributed by atoms with van der Waals surface area (Å²) in [5, 5.41) is 2.74. The third-order valence-electron chi connectivity index (χ3n) is 4.71. The van der Waals surface area contributed by atoms with Gasteiger partial charge in [-0.2, -0.15) is 0 Å². The van der Waals surface area contributed by atoms with E-state index in [9.17, 15) is 4.79 Å². The first-order valence-electron chi connectivity index (χ1n) is 8.84. The molecular weight excluding hydrogens is 360 g/mol. The number of carbonyl (C=O) groups is 1. The Labute approximate surface area is 164 Å². The summed E-state index contributed by atoms with van der Waals surface area (Å²) in [4.78, 5) is 14.1. The number of nitrogen functional groups attached to an aromatic ring is 1. The number of rotatable bonds is 6. The molecule has 0 amide bonds. The van der Waals surface area contributed by atoms with Gasteiger partial charge < -0.3 is 15.4 Å². The van der Waals surface area contributed by atoms with Gasteiger partial charge in [-0.15, -0.1) is 0 Å². The highest BCUT2D eigenvalue weighted by molar-refractivity contribution is 6.30. The standard InChI is InChI=1S/C22H23ClN2O2/c1-15(12-22(26)27-2)25(14-16-6-5-7-17(23)13-16)21-11-10-20(24)18-8-3-4-9-19(18)21/h3-11,13,15H,12,14,24H2,1-2H3. The number of halogens is 1. The smallest absolute Gasteiger partial charge is 0.307 e. The van der Waals surface area contributed by atoms with Crippen LogP contribution in [0.5, 0.6) is 0 Å². The highest BCUT2D eigenvalue weighted by atomic mass is 35.5. The maximum atomic E-state index is 11.9. The molecular formula is C22H23ClN2O2. The summed E-state index contributed by atoms with van der Waals surface area (Å²) in [7, 11) is 1.41. The van der Waals surface area contributed by atoms with E-state index >= 15 is 0 Å². The summed E-state index contributed by atoms with van der Waals surface area (Å²) >= 11 is 6.17. The molecule has 0 aromatic heterocycles. The van der Waals surface area contributed by atoms with Gasteiger partial charge in [0, 0.05) is 39.8 Å². The third-order valence-corrected chi connectivity index (χ3v) is 4.94. The van der Waals surface area contributed by atoms with Crippen LogP contribution in [0.4, 0.5) is 11.4 Å². The van der Waals surface area contributed by atoms with Crippen molar-refractivity contribution in [2.45, 2.75) is 25.9 Å². The molecule has 5 heteroatoms. The molecule has 0 aliphatic heterocycles. The summed E-state index contributed by atoms with van der Waals surface area (Å²) in [6, 6.07) is 19.6. The molecule has 1 atom stereocenters. The van der Waals surface area contributed by atoms with Crippen molar-refractivity contribution in [3.8, 4) is 0 Å². The summed E-state index contributed by atoms with van der Waals surface area (Å²) in [5.41, 5.74) is 8.99. The Hall–Kier alpha value is -2.72. The average Bonchev–Trinajstić information content (AvgIpc) is 2.67. The van der Waals surface area contributed by atoms with E-state index in [0.29, 0.717) is 11.6 Å². The van der Waals surface area contributed by atoms with Gasteiger partial charge in [0.2, 0.25) is 0 Å². The van der Waals surface area contributed by atoms with Crippen LogP contribution in [0.2, 0.25) is 5.02 Å². The molecule has 4 nitrogen and oxygen atoms in total. The molecule has 1 unspecified atom stereocenters. The Morgan fingerprint density at radius 3 is 2.56 bits per heavy atom. The molecule has 3 rings (SSSR count). The largest absolute Gasteiger partial charge is 0.469 e. The van der Waals surface area contributed by atoms with Crippen molar-refractivity contribution < 1.29 is 9.53 Å². The first kappa shape index (κ1) is 19.1. The van der Waals surface area contributed by atoms with E-state index in [1.54, 1.807) is 0 Å². The number of nitrogens with zero attached hydrogens (tertiary/aromatic N) is 1. The highest BCUT2D eigenvalue weighted by Crippen LogP contribution is 2.33. The summed E-state index contributed by atoms with van der Waals surface area (Å²) in [6.45, 7) is 2.64. The molecule has 0 saturated heterocycles. The van der Waals surface area contributed by atoms with Crippen molar-refractivity contribution in [3.05, 3.63) is 71.2 Å². The fraction of sp³-hybridized carbons (Fsp3) is 0.227. The second-order valence-electron chi connectivity index (χ2n) is 6.61. The van der Waals surface area contributed by atoms with Crippen molar-refractivity contribution in [1.82, 2.24) is 0 Å². The maximum Gasteiger partial charge on any atom is 0.307 e. The second kappa shape index (κ2) is 8.31. The van der Waals surface area contributed by atoms with Gasteiger partial charge in [-0.05, 0) is 36.8 Å². The van der Waals surface area contributed by atoms with Crippen molar-refractivity contribution in [1.29, 1.82) is 0 Å². The van der Waals surface area contributed by atoms with Crippen LogP contribution in [0, 0.1) is 0 Å². The lowest BCUT2D eigenvalue weighted by atomic mass is 10.0. The van der Waals surface area contributed by atoms with Gasteiger partial charge in [0.05, 0.1) is 13.5 Å². The van der Waals surface area contributed by atoms with Crippen molar-refractivity contribution in [2.24, 2.45) is 0 Å². The number of ether oxygens (including phenoxy) is 1. The van der Waals surface area contributed by atoms with E-state index in [2.05, 4.69) is 11.0 Å². The Balaban J connectivity index is 2.06. The van der Waals surface area contributed by atoms with Gasteiger partial charge in [0.15, 0.2) is 0 Å². The van der Waals surface area contributed by atoms with Crippen LogP contribution in [-0.4, -0.2) is 19.1 Å². The van der Waals surface area contributed by atoms with Crippen molar-refractivity contribution in [2.75, 3.05) is 17.7 Å². The number of hydrogen-bond donors (Lipinski definition) is 1. The number of nitrogens with two attached hydrogens (primary N) is 1. The topological polar surface area (TPSA) is 55.6 Å². The van der Waals surface area contributed by atoms with E-state index in [1.165, 1.54) is 7.11 Å². The maximum absolute atomic E-state index is 11.9. The molecule has 0 heterocycles. The van der Waals surface area contributed by atoms with Gasteiger partial charge >= 0.3 is 5.97 Å². The van der Waals surface area contributed by atoms with E-state index in [4.69, 9.17) is 22.1 Å². The zero-order valence-electron chi connectivity index (χ0n) is 15.5. The summed E-state index contributed by atoms with van der Waals surface area (Å²) in [5.74, 6) is -0.238. The zero-order chi connectivity index (χ0) is 19.4. The lowest BCUT2D eigenvalue weighted by Crippen LogP contribution is -2.34. The Kier molecular flexibility index (Phi) is 5.87. The third kappa shape index (κ3) is 4.34. The van der Waals surface area contributed by atoms with E-state index in [1.807, 2.05) is 61.5 Å². The fourth-order valence-corrected chi connectivity index (χ4v) is 3.51. The fourth-order valence-electron chi connectivity index (χ4n) is 3.30. The van der Waals surface area contributed by atoms with Gasteiger partial charge in [-0.3, -0.25) is 4.79 Å². The lowest BCUT2D eigenvalue weighted by molar-refractivity contribution is -0.140.